The van der Waals surface area contributed by atoms with Gasteiger partial charge in [-0.25, -0.2) is 9.69 Å². The van der Waals surface area contributed by atoms with Crippen molar-refractivity contribution in [2.75, 3.05) is 36.9 Å². The molecule has 18 nitrogen and oxygen atoms in total. The van der Waals surface area contributed by atoms with Gasteiger partial charge in [0, 0.05) is 24.3 Å². The number of nitrogens with two attached hydrogens (primary N) is 1. The summed E-state index contributed by atoms with van der Waals surface area (Å²) < 4.78 is 4.84. The van der Waals surface area contributed by atoms with Gasteiger partial charge in [0.25, 0.3) is 11.8 Å². The molecule has 7 amide bonds. The van der Waals surface area contributed by atoms with Crippen LogP contribution in [0.4, 0.5) is 16.2 Å². The van der Waals surface area contributed by atoms with E-state index in [0.717, 1.165) is 18.5 Å². The van der Waals surface area contributed by atoms with E-state index in [0.29, 0.717) is 17.8 Å². The number of primary amides is 1. The number of ether oxygens (including phenoxy) is 1. The lowest BCUT2D eigenvalue weighted by Crippen LogP contribution is -2.52. The minimum atomic E-state index is -0.845. The van der Waals surface area contributed by atoms with Crippen LogP contribution in [-0.2, 0) is 56.1 Å². The zero-order valence-electron chi connectivity index (χ0n) is 33.2. The Morgan fingerprint density at radius 1 is 0.877 bits per heavy atom. The Bertz CT molecular complexity index is 1580. The van der Waals surface area contributed by atoms with Crippen LogP contribution < -0.4 is 37.2 Å². The van der Waals surface area contributed by atoms with Gasteiger partial charge in [0.15, 0.2) is 0 Å². The van der Waals surface area contributed by atoms with Crippen molar-refractivity contribution in [3.8, 4) is 0 Å². The lowest BCUT2D eigenvalue weighted by atomic mass is 10.0. The summed E-state index contributed by atoms with van der Waals surface area (Å²) in [5, 5.41) is 20.6. The molecule has 19 heteroatoms. The summed E-state index contributed by atoms with van der Waals surface area (Å²) in [6.45, 7) is 10.0. The lowest BCUT2D eigenvalue weighted by molar-refractivity contribution is -0.136. The van der Waals surface area contributed by atoms with Crippen LogP contribution in [0.25, 0.3) is 0 Å². The fourth-order valence-corrected chi connectivity index (χ4v) is 4.08. The molecule has 57 heavy (non-hydrogen) atoms. The SMILES string of the molecule is CC(C)C(NC(=O)CNC=O)C(=O)NCC(=O)Nc1ccc(COC(=O)P)cc1.CCC(=O)O.CCCNC.CCc1ccc(N2C(=O)C=CC2=O)cc1.NC=O. The van der Waals surface area contributed by atoms with Crippen molar-refractivity contribution in [2.45, 2.75) is 66.5 Å². The van der Waals surface area contributed by atoms with Crippen molar-refractivity contribution in [3.05, 3.63) is 71.8 Å². The Kier molecular flexibility index (Phi) is 30.1. The van der Waals surface area contributed by atoms with Crippen molar-refractivity contribution in [1.29, 1.82) is 0 Å². The summed E-state index contributed by atoms with van der Waals surface area (Å²) >= 11 is 0. The van der Waals surface area contributed by atoms with Gasteiger partial charge in [-0.05, 0) is 77.0 Å². The molecule has 0 saturated heterocycles. The summed E-state index contributed by atoms with van der Waals surface area (Å²) in [7, 11) is 3.88. The van der Waals surface area contributed by atoms with Crippen molar-refractivity contribution < 1.29 is 53.0 Å². The van der Waals surface area contributed by atoms with Crippen LogP contribution >= 0.6 is 9.24 Å². The number of nitrogens with zero attached hydrogens (tertiary/aromatic N) is 1. The smallest absolute Gasteiger partial charge is 0.320 e. The van der Waals surface area contributed by atoms with Crippen LogP contribution in [-0.4, -0.2) is 91.9 Å². The Labute approximate surface area is 335 Å². The van der Waals surface area contributed by atoms with E-state index in [9.17, 15) is 38.4 Å². The number of aliphatic carboxylic acids is 1. The fraction of sp³-hybridized carbons (Fsp3) is 0.395. The van der Waals surface area contributed by atoms with Crippen LogP contribution in [0.15, 0.2) is 60.7 Å². The van der Waals surface area contributed by atoms with E-state index in [4.69, 9.17) is 14.6 Å². The number of hydrogen-bond acceptors (Lipinski definition) is 11. The molecule has 1 aliphatic heterocycles. The average Bonchev–Trinajstić information content (AvgIpc) is 3.52. The number of aryl methyl sites for hydroxylation is 1. The van der Waals surface area contributed by atoms with E-state index < -0.39 is 35.4 Å². The topological polar surface area (TPSA) is 272 Å². The molecular formula is C38H56N7O11P. The van der Waals surface area contributed by atoms with Crippen LogP contribution in [0.1, 0.15) is 58.6 Å². The standard InChI is InChI=1S/C18H25N4O6P.C12H11NO2.C4H11N.C3H6O2.CH3NO/c1-11(2)16(22-14(24)7-19-10-23)17(26)20-8-15(25)21-13-5-3-12(4-6-13)9-28-18(27)29;1-2-9-3-5-10(6-4-9)13-11(14)7-8-12(13)15;1-3-4-5-2;1-2-3(4)5;2-1-3/h3-6,10-11,16H,7-9,29H2,1-2H3,(H,19,23)(H,20,26)(H,21,25)(H,22,24);3-8H,2H2,1H3;5H,3-4H2,1-2H3;2H2,1H3,(H,4,5);1H,(H2,2,3). The quantitative estimate of drug-likeness (QED) is 0.0729. The summed E-state index contributed by atoms with van der Waals surface area (Å²) in [4.78, 5) is 98.8. The molecule has 0 radical (unpaired) electrons. The Hall–Kier alpha value is -6.00. The molecule has 2 unspecified atom stereocenters. The van der Waals surface area contributed by atoms with E-state index in [1.807, 2.05) is 28.4 Å². The highest BCUT2D eigenvalue weighted by Crippen LogP contribution is 2.19. The number of imide groups is 1. The van der Waals surface area contributed by atoms with Crippen molar-refractivity contribution in [1.82, 2.24) is 21.3 Å². The first kappa shape index (κ1) is 53.1. The second-order valence-electron chi connectivity index (χ2n) is 11.7. The summed E-state index contributed by atoms with van der Waals surface area (Å²) in [5.74, 6) is -2.98. The summed E-state index contributed by atoms with van der Waals surface area (Å²) in [6.07, 6.45) is 5.61. The third kappa shape index (κ3) is 25.7. The molecule has 0 aromatic heterocycles. The number of rotatable bonds is 16. The summed E-state index contributed by atoms with van der Waals surface area (Å²) in [6, 6.07) is 13.3. The first-order valence-electron chi connectivity index (χ1n) is 17.8. The zero-order chi connectivity index (χ0) is 43.8. The minimum absolute atomic E-state index is 0.122. The molecular weight excluding hydrogens is 761 g/mol. The Morgan fingerprint density at radius 2 is 1.40 bits per heavy atom. The van der Waals surface area contributed by atoms with Crippen LogP contribution in [0.3, 0.4) is 0 Å². The molecule has 0 fully saturated rings. The second-order valence-corrected chi connectivity index (χ2v) is 12.2. The highest BCUT2D eigenvalue weighted by molar-refractivity contribution is 7.39. The first-order valence-corrected chi connectivity index (χ1v) is 18.3. The van der Waals surface area contributed by atoms with Gasteiger partial charge in [-0.1, -0.05) is 58.9 Å². The fourth-order valence-electron chi connectivity index (χ4n) is 4.00. The second kappa shape index (κ2) is 32.3. The number of carboxylic acid groups (broad SMARTS) is 1. The van der Waals surface area contributed by atoms with Gasteiger partial charge < -0.3 is 42.2 Å². The predicted octanol–water partition coefficient (Wildman–Crippen LogP) is 2.02. The van der Waals surface area contributed by atoms with Crippen LogP contribution in [0, 0.1) is 5.92 Å². The van der Waals surface area contributed by atoms with Crippen LogP contribution in [0.5, 0.6) is 0 Å². The molecule has 0 saturated carbocycles. The number of carbonyl (C=O) groups is 9. The Balaban J connectivity index is 0. The maximum Gasteiger partial charge on any atom is 0.320 e. The normalized spacial score (nSPS) is 11.3. The molecule has 0 bridgehead atoms. The highest BCUT2D eigenvalue weighted by Gasteiger charge is 2.25. The summed E-state index contributed by atoms with van der Waals surface area (Å²) in [5.41, 5.74) is 6.79. The van der Waals surface area contributed by atoms with Gasteiger partial charge in [0.2, 0.25) is 30.5 Å². The number of anilines is 2. The van der Waals surface area contributed by atoms with Gasteiger partial charge in [0.1, 0.15) is 12.6 Å². The average molecular weight is 818 g/mol. The molecule has 3 rings (SSSR count). The molecule has 1 aliphatic rings. The highest BCUT2D eigenvalue weighted by atomic mass is 31.0. The predicted molar refractivity (Wildman–Crippen MR) is 219 cm³/mol. The maximum atomic E-state index is 12.3. The first-order chi connectivity index (χ1) is 27.0. The van der Waals surface area contributed by atoms with Crippen molar-refractivity contribution in [3.63, 3.8) is 0 Å². The molecule has 1 heterocycles. The number of hydrogen-bond donors (Lipinski definition) is 7. The number of carbonyl (C=O) groups excluding carboxylic acids is 8. The van der Waals surface area contributed by atoms with E-state index >= 15 is 0 Å². The van der Waals surface area contributed by atoms with Gasteiger partial charge in [-0.2, -0.15) is 0 Å². The zero-order valence-corrected chi connectivity index (χ0v) is 34.3. The van der Waals surface area contributed by atoms with Gasteiger partial charge in [-0.3, -0.25) is 38.4 Å². The number of amides is 7. The lowest BCUT2D eigenvalue weighted by Gasteiger charge is -2.21. The molecule has 2 aromatic rings. The van der Waals surface area contributed by atoms with E-state index in [1.165, 1.54) is 29.0 Å². The number of nitrogens with one attached hydrogen (secondary N) is 5. The maximum absolute atomic E-state index is 12.3. The van der Waals surface area contributed by atoms with Gasteiger partial charge >= 0.3 is 11.7 Å². The third-order valence-electron chi connectivity index (χ3n) is 6.87. The molecule has 2 aromatic carbocycles. The van der Waals surface area contributed by atoms with Crippen molar-refractivity contribution in [2.24, 2.45) is 11.7 Å². The number of carboxylic acids is 1. The monoisotopic (exact) mass is 817 g/mol. The van der Waals surface area contributed by atoms with Crippen molar-refractivity contribution >= 4 is 74.7 Å². The molecule has 2 atom stereocenters. The van der Waals surface area contributed by atoms with E-state index in [2.05, 4.69) is 46.2 Å². The van der Waals surface area contributed by atoms with Gasteiger partial charge in [0.05, 0.1) is 18.8 Å². The largest absolute Gasteiger partial charge is 0.481 e. The molecule has 314 valence electrons. The van der Waals surface area contributed by atoms with E-state index in [-0.39, 0.29) is 50.3 Å². The minimum Gasteiger partial charge on any atom is -0.481 e. The molecule has 0 aliphatic carbocycles. The Morgan fingerprint density at radius 3 is 1.81 bits per heavy atom. The van der Waals surface area contributed by atoms with Gasteiger partial charge in [-0.15, -0.1) is 0 Å². The third-order valence-corrected chi connectivity index (χ3v) is 7.03. The van der Waals surface area contributed by atoms with E-state index in [1.54, 1.807) is 57.2 Å². The number of benzene rings is 2. The van der Waals surface area contributed by atoms with Crippen LogP contribution in [0.2, 0.25) is 0 Å². The molecule has 0 spiro atoms. The molecule has 8 N–H and O–H groups in total.